The van der Waals surface area contributed by atoms with Crippen LogP contribution in [0.1, 0.15) is 11.1 Å². The molecule has 2 aromatic carbocycles. The highest BCUT2D eigenvalue weighted by Crippen LogP contribution is 2.09. The fraction of sp³-hybridized carbons (Fsp3) is 0.222. The van der Waals surface area contributed by atoms with E-state index in [0.717, 1.165) is 11.1 Å². The number of carbonyl (C=O) groups is 2. The number of rotatable bonds is 7. The third kappa shape index (κ3) is 5.72. The first-order valence-electron chi connectivity index (χ1n) is 7.64. The van der Waals surface area contributed by atoms with Gasteiger partial charge in [-0.15, -0.1) is 0 Å². The number of benzene rings is 2. The molecule has 0 aliphatic rings. The van der Waals surface area contributed by atoms with Gasteiger partial charge in [0.05, 0.1) is 5.92 Å². The zero-order chi connectivity index (χ0) is 17.4. The largest absolute Gasteiger partial charge is 0.369 e. The summed E-state index contributed by atoms with van der Waals surface area (Å²) >= 11 is 0. The van der Waals surface area contributed by atoms with Gasteiger partial charge >= 0.3 is 6.03 Å². The number of nitrogens with two attached hydrogens (primary N) is 1. The van der Waals surface area contributed by atoms with Crippen LogP contribution < -0.4 is 16.4 Å². The molecule has 6 heteroatoms. The number of primary amides is 1. The minimum Gasteiger partial charge on any atom is -0.369 e. The number of hydrogen-bond donors (Lipinski definition) is 3. The van der Waals surface area contributed by atoms with Crippen molar-refractivity contribution in [3.63, 3.8) is 0 Å². The Morgan fingerprint density at radius 1 is 0.958 bits per heavy atom. The lowest BCUT2D eigenvalue weighted by molar-refractivity contribution is -0.121. The van der Waals surface area contributed by atoms with Gasteiger partial charge in [0.15, 0.2) is 0 Å². The fourth-order valence-corrected chi connectivity index (χ4v) is 2.23. The number of urea groups is 1. The molecule has 24 heavy (non-hydrogen) atoms. The van der Waals surface area contributed by atoms with Gasteiger partial charge in [-0.2, -0.15) is 0 Å². The summed E-state index contributed by atoms with van der Waals surface area (Å²) in [5.74, 6) is -1.41. The van der Waals surface area contributed by atoms with Crippen LogP contribution >= 0.6 is 0 Å². The number of amides is 3. The van der Waals surface area contributed by atoms with E-state index in [9.17, 15) is 14.0 Å². The molecule has 0 radical (unpaired) electrons. The highest BCUT2D eigenvalue weighted by molar-refractivity contribution is 5.79. The van der Waals surface area contributed by atoms with Gasteiger partial charge in [0.2, 0.25) is 5.91 Å². The molecule has 0 heterocycles. The molecule has 0 saturated carbocycles. The lowest BCUT2D eigenvalue weighted by Crippen LogP contribution is -2.41. The van der Waals surface area contributed by atoms with Gasteiger partial charge in [0.25, 0.3) is 0 Å². The average Bonchev–Trinajstić information content (AvgIpc) is 2.59. The van der Waals surface area contributed by atoms with E-state index in [-0.39, 0.29) is 18.4 Å². The summed E-state index contributed by atoms with van der Waals surface area (Å²) in [6.07, 6.45) is 0.342. The molecule has 0 spiro atoms. The molecule has 126 valence electrons. The van der Waals surface area contributed by atoms with Crippen LogP contribution in [0.3, 0.4) is 0 Å². The number of halogens is 1. The summed E-state index contributed by atoms with van der Waals surface area (Å²) in [5.41, 5.74) is 7.14. The molecule has 0 aliphatic heterocycles. The Kier molecular flexibility index (Phi) is 6.31. The maximum atomic E-state index is 12.9. The van der Waals surface area contributed by atoms with Gasteiger partial charge in [-0.1, -0.05) is 42.5 Å². The van der Waals surface area contributed by atoms with E-state index in [1.165, 1.54) is 12.1 Å². The Labute approximate surface area is 140 Å². The van der Waals surface area contributed by atoms with Crippen LogP contribution in [-0.2, 0) is 17.8 Å². The van der Waals surface area contributed by atoms with E-state index in [0.29, 0.717) is 13.0 Å². The van der Waals surface area contributed by atoms with Crippen molar-refractivity contribution in [2.75, 3.05) is 6.54 Å². The maximum Gasteiger partial charge on any atom is 0.315 e. The van der Waals surface area contributed by atoms with Crippen LogP contribution in [-0.4, -0.2) is 18.5 Å². The van der Waals surface area contributed by atoms with E-state index in [2.05, 4.69) is 10.6 Å². The number of nitrogens with one attached hydrogen (secondary N) is 2. The first-order chi connectivity index (χ1) is 11.5. The van der Waals surface area contributed by atoms with Crippen molar-refractivity contribution >= 4 is 11.9 Å². The molecule has 4 N–H and O–H groups in total. The van der Waals surface area contributed by atoms with Gasteiger partial charge in [0, 0.05) is 13.1 Å². The van der Waals surface area contributed by atoms with Gasteiger partial charge in [-0.05, 0) is 29.7 Å². The van der Waals surface area contributed by atoms with E-state index in [1.54, 1.807) is 12.1 Å². The Hall–Kier alpha value is -2.89. The van der Waals surface area contributed by atoms with Crippen molar-refractivity contribution < 1.29 is 14.0 Å². The Morgan fingerprint density at radius 3 is 2.25 bits per heavy atom. The summed E-state index contributed by atoms with van der Waals surface area (Å²) < 4.78 is 12.9. The summed E-state index contributed by atoms with van der Waals surface area (Å²) in [4.78, 5) is 23.4. The third-order valence-corrected chi connectivity index (χ3v) is 3.60. The first kappa shape index (κ1) is 17.5. The van der Waals surface area contributed by atoms with Gasteiger partial charge in [-0.3, -0.25) is 4.79 Å². The van der Waals surface area contributed by atoms with E-state index >= 15 is 0 Å². The monoisotopic (exact) mass is 329 g/mol. The lowest BCUT2D eigenvalue weighted by atomic mass is 9.98. The van der Waals surface area contributed by atoms with E-state index < -0.39 is 11.8 Å². The van der Waals surface area contributed by atoms with Crippen molar-refractivity contribution in [3.05, 3.63) is 71.5 Å². The quantitative estimate of drug-likeness (QED) is 0.725. The van der Waals surface area contributed by atoms with Gasteiger partial charge in [0.1, 0.15) is 5.82 Å². The van der Waals surface area contributed by atoms with Crippen LogP contribution in [0.4, 0.5) is 9.18 Å². The number of hydrogen-bond acceptors (Lipinski definition) is 2. The van der Waals surface area contributed by atoms with Crippen molar-refractivity contribution in [3.8, 4) is 0 Å². The standard InChI is InChI=1S/C18H20FN3O2/c19-16-8-6-13(7-9-16)10-15(17(20)23)12-22-18(24)21-11-14-4-2-1-3-5-14/h1-9,15H,10-12H2,(H2,20,23)(H2,21,22,24). The third-order valence-electron chi connectivity index (χ3n) is 3.60. The minimum atomic E-state index is -0.557. The molecule has 3 amide bonds. The highest BCUT2D eigenvalue weighted by Gasteiger charge is 2.17. The molecular weight excluding hydrogens is 309 g/mol. The van der Waals surface area contributed by atoms with Crippen LogP contribution in [0.25, 0.3) is 0 Å². The molecular formula is C18H20FN3O2. The highest BCUT2D eigenvalue weighted by atomic mass is 19.1. The predicted octanol–water partition coefficient (Wildman–Crippen LogP) is 1.97. The zero-order valence-electron chi connectivity index (χ0n) is 13.2. The summed E-state index contributed by atoms with van der Waals surface area (Å²) in [6, 6.07) is 15.0. The normalized spacial score (nSPS) is 11.5. The molecule has 0 saturated heterocycles. The second kappa shape index (κ2) is 8.67. The SMILES string of the molecule is NC(=O)C(CNC(=O)NCc1ccccc1)Cc1ccc(F)cc1. The molecule has 0 aliphatic carbocycles. The van der Waals surface area contributed by atoms with Crippen LogP contribution in [0.15, 0.2) is 54.6 Å². The topological polar surface area (TPSA) is 84.2 Å². The van der Waals surface area contributed by atoms with Crippen molar-refractivity contribution in [2.24, 2.45) is 11.7 Å². The molecule has 0 aromatic heterocycles. The maximum absolute atomic E-state index is 12.9. The predicted molar refractivity (Wildman–Crippen MR) is 89.5 cm³/mol. The Morgan fingerprint density at radius 2 is 1.62 bits per heavy atom. The fourth-order valence-electron chi connectivity index (χ4n) is 2.23. The molecule has 5 nitrogen and oxygen atoms in total. The van der Waals surface area contributed by atoms with Crippen LogP contribution in [0.5, 0.6) is 0 Å². The summed E-state index contributed by atoms with van der Waals surface area (Å²) in [5, 5.41) is 5.35. The second-order valence-electron chi connectivity index (χ2n) is 5.48. The molecule has 0 fully saturated rings. The van der Waals surface area contributed by atoms with Crippen LogP contribution in [0, 0.1) is 11.7 Å². The van der Waals surface area contributed by atoms with E-state index in [4.69, 9.17) is 5.73 Å². The minimum absolute atomic E-state index is 0.118. The second-order valence-corrected chi connectivity index (χ2v) is 5.48. The first-order valence-corrected chi connectivity index (χ1v) is 7.64. The molecule has 1 atom stereocenters. The van der Waals surface area contributed by atoms with Gasteiger partial charge < -0.3 is 16.4 Å². The van der Waals surface area contributed by atoms with Crippen molar-refractivity contribution in [1.29, 1.82) is 0 Å². The Bertz CT molecular complexity index is 674. The molecule has 2 rings (SSSR count). The number of carbonyl (C=O) groups excluding carboxylic acids is 2. The van der Waals surface area contributed by atoms with Gasteiger partial charge in [-0.25, -0.2) is 9.18 Å². The summed E-state index contributed by atoms with van der Waals surface area (Å²) in [6.45, 7) is 0.513. The smallest absolute Gasteiger partial charge is 0.315 e. The molecule has 1 unspecified atom stereocenters. The Balaban J connectivity index is 1.81. The summed E-state index contributed by atoms with van der Waals surface area (Å²) in [7, 11) is 0. The average molecular weight is 329 g/mol. The lowest BCUT2D eigenvalue weighted by Gasteiger charge is -2.15. The molecule has 0 bridgehead atoms. The van der Waals surface area contributed by atoms with Crippen molar-refractivity contribution in [1.82, 2.24) is 10.6 Å². The van der Waals surface area contributed by atoms with Crippen molar-refractivity contribution in [2.45, 2.75) is 13.0 Å². The zero-order valence-corrected chi connectivity index (χ0v) is 13.2. The van der Waals surface area contributed by atoms with E-state index in [1.807, 2.05) is 30.3 Å². The molecule has 2 aromatic rings. The van der Waals surface area contributed by atoms with Crippen LogP contribution in [0.2, 0.25) is 0 Å².